The van der Waals surface area contributed by atoms with Crippen LogP contribution in [0, 0.1) is 5.92 Å². The number of ether oxygens (including phenoxy) is 1. The molecule has 2 aliphatic heterocycles. The number of aromatic amines is 1. The number of amides is 1. The third kappa shape index (κ3) is 3.51. The van der Waals surface area contributed by atoms with Crippen molar-refractivity contribution >= 4 is 16.8 Å². The predicted octanol–water partition coefficient (Wildman–Crippen LogP) is 3.06. The van der Waals surface area contributed by atoms with Gasteiger partial charge in [0.15, 0.2) is 0 Å². The van der Waals surface area contributed by atoms with Crippen molar-refractivity contribution in [2.24, 2.45) is 5.92 Å². The molecule has 0 spiro atoms. The SMILES string of the molecule is CC(C)C[C@@H]1N[C@H](C(=O)NC2CCOCC2)Cc2c[nH]c3cccc1c23. The predicted molar refractivity (Wildman–Crippen MR) is 103 cm³/mol. The molecule has 0 saturated carbocycles. The highest BCUT2D eigenvalue weighted by atomic mass is 16.5. The Balaban J connectivity index is 1.60. The largest absolute Gasteiger partial charge is 0.381 e. The third-order valence-corrected chi connectivity index (χ3v) is 5.61. The van der Waals surface area contributed by atoms with Crippen molar-refractivity contribution in [3.8, 4) is 0 Å². The molecule has 0 bridgehead atoms. The van der Waals surface area contributed by atoms with Crippen molar-refractivity contribution in [1.29, 1.82) is 0 Å². The number of aromatic nitrogens is 1. The van der Waals surface area contributed by atoms with E-state index < -0.39 is 0 Å². The molecule has 3 N–H and O–H groups in total. The second-order valence-corrected chi connectivity index (χ2v) is 8.08. The number of H-pyrrole nitrogens is 1. The van der Waals surface area contributed by atoms with E-state index in [1.165, 1.54) is 22.0 Å². The van der Waals surface area contributed by atoms with E-state index in [0.29, 0.717) is 5.92 Å². The summed E-state index contributed by atoms with van der Waals surface area (Å²) >= 11 is 0. The molecule has 1 aromatic heterocycles. The van der Waals surface area contributed by atoms with Crippen molar-refractivity contribution in [1.82, 2.24) is 15.6 Å². The lowest BCUT2D eigenvalue weighted by atomic mass is 9.94. The molecule has 4 rings (SSSR count). The first kappa shape index (κ1) is 17.6. The van der Waals surface area contributed by atoms with Crippen LogP contribution in [0.1, 0.15) is 50.3 Å². The zero-order chi connectivity index (χ0) is 18.1. The Morgan fingerprint density at radius 2 is 2.12 bits per heavy atom. The van der Waals surface area contributed by atoms with Gasteiger partial charge < -0.3 is 15.0 Å². The summed E-state index contributed by atoms with van der Waals surface area (Å²) < 4.78 is 5.41. The van der Waals surface area contributed by atoms with Crippen LogP contribution in [-0.2, 0) is 16.0 Å². The average Bonchev–Trinajstić information content (AvgIpc) is 2.96. The van der Waals surface area contributed by atoms with Crippen molar-refractivity contribution in [3.05, 3.63) is 35.5 Å². The van der Waals surface area contributed by atoms with Gasteiger partial charge in [0.25, 0.3) is 0 Å². The van der Waals surface area contributed by atoms with Gasteiger partial charge in [-0.15, -0.1) is 0 Å². The molecule has 2 aromatic rings. The summed E-state index contributed by atoms with van der Waals surface area (Å²) in [5, 5.41) is 8.22. The monoisotopic (exact) mass is 355 g/mol. The van der Waals surface area contributed by atoms with Gasteiger partial charge in [0.2, 0.25) is 5.91 Å². The Morgan fingerprint density at radius 1 is 1.31 bits per heavy atom. The second kappa shape index (κ2) is 7.41. The van der Waals surface area contributed by atoms with E-state index in [2.05, 4.69) is 53.9 Å². The standard InChI is InChI=1S/C21H29N3O2/c1-13(2)10-18-16-4-3-5-17-20(16)14(12-22-17)11-19(24-18)21(25)23-15-6-8-26-9-7-15/h3-5,12-13,15,18-19,22,24H,6-11H2,1-2H3,(H,23,25)/t18-,19-/m0/s1. The first-order valence-electron chi connectivity index (χ1n) is 9.85. The summed E-state index contributed by atoms with van der Waals surface area (Å²) in [5.74, 6) is 0.676. The summed E-state index contributed by atoms with van der Waals surface area (Å²) in [7, 11) is 0. The number of benzene rings is 1. The molecule has 5 nitrogen and oxygen atoms in total. The summed E-state index contributed by atoms with van der Waals surface area (Å²) in [6.45, 7) is 5.95. The number of nitrogens with one attached hydrogen (secondary N) is 3. The van der Waals surface area contributed by atoms with Crippen LogP contribution >= 0.6 is 0 Å². The van der Waals surface area contributed by atoms with E-state index in [1.54, 1.807) is 0 Å². The zero-order valence-corrected chi connectivity index (χ0v) is 15.7. The maximum atomic E-state index is 13.0. The first-order chi connectivity index (χ1) is 12.6. The van der Waals surface area contributed by atoms with Gasteiger partial charge in [-0.2, -0.15) is 0 Å². The fraction of sp³-hybridized carbons (Fsp3) is 0.571. The molecule has 26 heavy (non-hydrogen) atoms. The lowest BCUT2D eigenvalue weighted by molar-refractivity contribution is -0.124. The molecule has 0 aliphatic carbocycles. The quantitative estimate of drug-likeness (QED) is 0.790. The Kier molecular flexibility index (Phi) is 5.00. The van der Waals surface area contributed by atoms with E-state index in [1.807, 2.05) is 0 Å². The summed E-state index contributed by atoms with van der Waals surface area (Å²) in [6, 6.07) is 6.66. The topological polar surface area (TPSA) is 66.2 Å². The number of carbonyl (C=O) groups excluding carboxylic acids is 1. The van der Waals surface area contributed by atoms with Crippen LogP contribution in [0.3, 0.4) is 0 Å². The number of hydrogen-bond donors (Lipinski definition) is 3. The summed E-state index contributed by atoms with van der Waals surface area (Å²) in [6.07, 6.45) is 5.62. The number of carbonyl (C=O) groups is 1. The highest BCUT2D eigenvalue weighted by molar-refractivity contribution is 5.90. The molecule has 140 valence electrons. The van der Waals surface area contributed by atoms with Crippen LogP contribution in [0.2, 0.25) is 0 Å². The molecule has 1 amide bonds. The molecule has 0 unspecified atom stereocenters. The van der Waals surface area contributed by atoms with Crippen LogP contribution in [0.4, 0.5) is 0 Å². The molecule has 2 aliphatic rings. The second-order valence-electron chi connectivity index (χ2n) is 8.08. The van der Waals surface area contributed by atoms with Crippen LogP contribution in [0.5, 0.6) is 0 Å². The molecule has 1 fully saturated rings. The molecule has 1 aromatic carbocycles. The Labute approximate surface area is 154 Å². The van der Waals surface area contributed by atoms with Gasteiger partial charge in [-0.1, -0.05) is 26.0 Å². The van der Waals surface area contributed by atoms with Crippen molar-refractivity contribution in [2.75, 3.05) is 13.2 Å². The summed E-state index contributed by atoms with van der Waals surface area (Å²) in [4.78, 5) is 16.4. The third-order valence-electron chi connectivity index (χ3n) is 5.61. The van der Waals surface area contributed by atoms with Crippen molar-refractivity contribution < 1.29 is 9.53 Å². The van der Waals surface area contributed by atoms with E-state index in [-0.39, 0.29) is 24.0 Å². The maximum Gasteiger partial charge on any atom is 0.237 e. The molecule has 1 saturated heterocycles. The van der Waals surface area contributed by atoms with Gasteiger partial charge in [-0.25, -0.2) is 0 Å². The van der Waals surface area contributed by atoms with Gasteiger partial charge in [0, 0.05) is 42.4 Å². The maximum absolute atomic E-state index is 13.0. The van der Waals surface area contributed by atoms with Crippen molar-refractivity contribution in [3.63, 3.8) is 0 Å². The van der Waals surface area contributed by atoms with Crippen molar-refractivity contribution in [2.45, 2.75) is 57.7 Å². The smallest absolute Gasteiger partial charge is 0.237 e. The molecular formula is C21H29N3O2. The van der Waals surface area contributed by atoms with Crippen LogP contribution in [0.15, 0.2) is 24.4 Å². The Morgan fingerprint density at radius 3 is 2.88 bits per heavy atom. The minimum atomic E-state index is -0.201. The number of hydrogen-bond acceptors (Lipinski definition) is 3. The average molecular weight is 355 g/mol. The molecule has 0 radical (unpaired) electrons. The molecule has 5 heteroatoms. The van der Waals surface area contributed by atoms with Gasteiger partial charge in [-0.05, 0) is 48.8 Å². The molecular weight excluding hydrogens is 326 g/mol. The zero-order valence-electron chi connectivity index (χ0n) is 15.7. The highest BCUT2D eigenvalue weighted by Gasteiger charge is 2.31. The van der Waals surface area contributed by atoms with Gasteiger partial charge in [0.1, 0.15) is 0 Å². The fourth-order valence-corrected chi connectivity index (χ4v) is 4.33. The molecule has 2 atom stereocenters. The first-order valence-corrected chi connectivity index (χ1v) is 9.85. The lowest BCUT2D eigenvalue weighted by Gasteiger charge is -2.28. The van der Waals surface area contributed by atoms with Crippen LogP contribution in [-0.4, -0.2) is 36.2 Å². The van der Waals surface area contributed by atoms with E-state index >= 15 is 0 Å². The van der Waals surface area contributed by atoms with Crippen LogP contribution < -0.4 is 10.6 Å². The van der Waals surface area contributed by atoms with E-state index in [9.17, 15) is 4.79 Å². The Hall–Kier alpha value is -1.85. The molecule has 3 heterocycles. The van der Waals surface area contributed by atoms with Gasteiger partial charge in [0.05, 0.1) is 6.04 Å². The van der Waals surface area contributed by atoms with E-state index in [0.717, 1.165) is 38.9 Å². The minimum absolute atomic E-state index is 0.118. The van der Waals surface area contributed by atoms with Crippen LogP contribution in [0.25, 0.3) is 10.9 Å². The minimum Gasteiger partial charge on any atom is -0.381 e. The highest BCUT2D eigenvalue weighted by Crippen LogP contribution is 2.34. The Bertz CT molecular complexity index is 777. The van der Waals surface area contributed by atoms with Gasteiger partial charge in [-0.3, -0.25) is 10.1 Å². The lowest BCUT2D eigenvalue weighted by Crippen LogP contribution is -2.50. The number of rotatable bonds is 4. The normalized spacial score (nSPS) is 24.0. The van der Waals surface area contributed by atoms with Gasteiger partial charge >= 0.3 is 0 Å². The fourth-order valence-electron chi connectivity index (χ4n) is 4.33. The van der Waals surface area contributed by atoms with E-state index in [4.69, 9.17) is 4.74 Å². The summed E-state index contributed by atoms with van der Waals surface area (Å²) in [5.41, 5.74) is 3.72.